The van der Waals surface area contributed by atoms with Crippen molar-refractivity contribution in [1.29, 1.82) is 0 Å². The number of nitrogens with one attached hydrogen (secondary N) is 1. The summed E-state index contributed by atoms with van der Waals surface area (Å²) in [6.45, 7) is 0. The lowest BCUT2D eigenvalue weighted by atomic mass is 9.92. The van der Waals surface area contributed by atoms with Crippen LogP contribution in [-0.4, -0.2) is 29.2 Å². The lowest BCUT2D eigenvalue weighted by Crippen LogP contribution is -2.40. The zero-order chi connectivity index (χ0) is 18.6. The number of carbonyl (C=O) groups is 1. The summed E-state index contributed by atoms with van der Waals surface area (Å²) >= 11 is 0. The molecule has 140 valence electrons. The molecule has 0 saturated heterocycles. The third kappa shape index (κ3) is 5.34. The number of aromatic nitrogens is 1. The van der Waals surface area contributed by atoms with Crippen molar-refractivity contribution in [2.45, 2.75) is 56.8 Å². The molecule has 0 atom stereocenters. The van der Waals surface area contributed by atoms with Gasteiger partial charge in [-0.25, -0.2) is 0 Å². The topological polar surface area (TPSA) is 51.2 Å². The van der Waals surface area contributed by atoms with Crippen molar-refractivity contribution in [1.82, 2.24) is 10.3 Å². The van der Waals surface area contributed by atoms with Crippen LogP contribution in [0.15, 0.2) is 36.5 Å². The maximum atomic E-state index is 12.1. The Morgan fingerprint density at radius 3 is 2.69 bits per heavy atom. The maximum Gasteiger partial charge on any atom is 0.389 e. The van der Waals surface area contributed by atoms with Crippen LogP contribution in [0.5, 0.6) is 5.75 Å². The largest absolute Gasteiger partial charge is 0.490 e. The lowest BCUT2D eigenvalue weighted by Gasteiger charge is -2.29. The van der Waals surface area contributed by atoms with Crippen molar-refractivity contribution < 1.29 is 22.7 Å². The Bertz CT molecular complexity index is 756. The van der Waals surface area contributed by atoms with E-state index in [0.29, 0.717) is 12.8 Å². The quantitative estimate of drug-likeness (QED) is 0.854. The molecule has 1 aliphatic rings. The van der Waals surface area contributed by atoms with Gasteiger partial charge < -0.3 is 10.1 Å². The molecule has 7 heteroatoms. The SMILES string of the molecule is O=C(CCC(F)(F)F)NC1CCC(Oc2ccc3ncccc3c2)CC1. The van der Waals surface area contributed by atoms with Crippen LogP contribution in [0.25, 0.3) is 10.9 Å². The molecule has 0 aliphatic heterocycles. The summed E-state index contributed by atoms with van der Waals surface area (Å²) in [5, 5.41) is 3.71. The van der Waals surface area contributed by atoms with Gasteiger partial charge in [0, 0.05) is 24.0 Å². The van der Waals surface area contributed by atoms with Gasteiger partial charge in [-0.1, -0.05) is 6.07 Å². The fraction of sp³-hybridized carbons (Fsp3) is 0.474. The molecule has 0 spiro atoms. The van der Waals surface area contributed by atoms with Crippen LogP contribution in [-0.2, 0) is 4.79 Å². The van der Waals surface area contributed by atoms with Gasteiger partial charge in [-0.05, 0) is 49.9 Å². The van der Waals surface area contributed by atoms with Crippen LogP contribution in [0.4, 0.5) is 13.2 Å². The van der Waals surface area contributed by atoms with Gasteiger partial charge in [0.2, 0.25) is 5.91 Å². The van der Waals surface area contributed by atoms with Crippen LogP contribution in [0.2, 0.25) is 0 Å². The highest BCUT2D eigenvalue weighted by atomic mass is 19.4. The molecule has 1 saturated carbocycles. The lowest BCUT2D eigenvalue weighted by molar-refractivity contribution is -0.144. The van der Waals surface area contributed by atoms with Gasteiger partial charge in [0.05, 0.1) is 18.0 Å². The summed E-state index contributed by atoms with van der Waals surface area (Å²) < 4.78 is 42.5. The fourth-order valence-electron chi connectivity index (χ4n) is 3.20. The number of nitrogens with zero attached hydrogens (tertiary/aromatic N) is 1. The molecule has 26 heavy (non-hydrogen) atoms. The molecule has 1 aliphatic carbocycles. The summed E-state index contributed by atoms with van der Waals surface area (Å²) in [5.41, 5.74) is 0.908. The molecular weight excluding hydrogens is 345 g/mol. The van der Waals surface area contributed by atoms with Crippen molar-refractivity contribution in [3.05, 3.63) is 36.5 Å². The van der Waals surface area contributed by atoms with Crippen LogP contribution < -0.4 is 10.1 Å². The van der Waals surface area contributed by atoms with E-state index < -0.39 is 24.9 Å². The average Bonchev–Trinajstić information content (AvgIpc) is 2.61. The number of fused-ring (bicyclic) bond motifs is 1. The zero-order valence-electron chi connectivity index (χ0n) is 14.3. The Kier molecular flexibility index (Phi) is 5.64. The number of pyridine rings is 1. The number of alkyl halides is 3. The fourth-order valence-corrected chi connectivity index (χ4v) is 3.20. The highest BCUT2D eigenvalue weighted by Gasteiger charge is 2.29. The van der Waals surface area contributed by atoms with Crippen LogP contribution >= 0.6 is 0 Å². The highest BCUT2D eigenvalue weighted by molar-refractivity contribution is 5.79. The maximum absolute atomic E-state index is 12.1. The second-order valence-electron chi connectivity index (χ2n) is 6.63. The first kappa shape index (κ1) is 18.5. The first-order valence-electron chi connectivity index (χ1n) is 8.76. The predicted molar refractivity (Wildman–Crippen MR) is 91.8 cm³/mol. The van der Waals surface area contributed by atoms with E-state index in [1.54, 1.807) is 6.20 Å². The van der Waals surface area contributed by atoms with E-state index >= 15 is 0 Å². The minimum absolute atomic E-state index is 0.0486. The third-order valence-corrected chi connectivity index (χ3v) is 4.55. The van der Waals surface area contributed by atoms with Crippen molar-refractivity contribution in [2.75, 3.05) is 0 Å². The molecule has 1 heterocycles. The van der Waals surface area contributed by atoms with Crippen molar-refractivity contribution in [3.63, 3.8) is 0 Å². The number of amides is 1. The molecule has 1 amide bonds. The second kappa shape index (κ2) is 7.93. The summed E-state index contributed by atoms with van der Waals surface area (Å²) in [6, 6.07) is 9.53. The Labute approximate surface area is 149 Å². The molecule has 0 radical (unpaired) electrons. The van der Waals surface area contributed by atoms with E-state index in [1.807, 2.05) is 30.3 Å². The molecule has 1 aromatic carbocycles. The number of rotatable bonds is 5. The van der Waals surface area contributed by atoms with Gasteiger partial charge in [0.25, 0.3) is 0 Å². The van der Waals surface area contributed by atoms with E-state index in [9.17, 15) is 18.0 Å². The van der Waals surface area contributed by atoms with Gasteiger partial charge in [-0.15, -0.1) is 0 Å². The van der Waals surface area contributed by atoms with Crippen LogP contribution in [0, 0.1) is 0 Å². The van der Waals surface area contributed by atoms with E-state index in [4.69, 9.17) is 4.74 Å². The number of benzene rings is 1. The summed E-state index contributed by atoms with van der Waals surface area (Å²) in [6.07, 6.45) is -1.16. The van der Waals surface area contributed by atoms with E-state index in [2.05, 4.69) is 10.3 Å². The Balaban J connectivity index is 1.45. The average molecular weight is 366 g/mol. The smallest absolute Gasteiger partial charge is 0.389 e. The second-order valence-corrected chi connectivity index (χ2v) is 6.63. The summed E-state index contributed by atoms with van der Waals surface area (Å²) in [4.78, 5) is 15.9. The molecule has 2 aromatic rings. The van der Waals surface area contributed by atoms with E-state index in [-0.39, 0.29) is 12.1 Å². The normalized spacial score (nSPS) is 20.7. The molecule has 4 nitrogen and oxygen atoms in total. The van der Waals surface area contributed by atoms with Gasteiger partial charge in [0.1, 0.15) is 5.75 Å². The molecular formula is C19H21F3N2O2. The van der Waals surface area contributed by atoms with Crippen molar-refractivity contribution >= 4 is 16.8 Å². The molecule has 0 unspecified atom stereocenters. The van der Waals surface area contributed by atoms with E-state index in [0.717, 1.165) is 29.5 Å². The zero-order valence-corrected chi connectivity index (χ0v) is 14.3. The Morgan fingerprint density at radius 2 is 1.96 bits per heavy atom. The number of ether oxygens (including phenoxy) is 1. The minimum atomic E-state index is -4.29. The number of halogens is 3. The van der Waals surface area contributed by atoms with Crippen LogP contribution in [0.3, 0.4) is 0 Å². The van der Waals surface area contributed by atoms with Crippen molar-refractivity contribution in [3.8, 4) is 5.75 Å². The van der Waals surface area contributed by atoms with Gasteiger partial charge >= 0.3 is 6.18 Å². The number of hydrogen-bond acceptors (Lipinski definition) is 3. The van der Waals surface area contributed by atoms with Crippen molar-refractivity contribution in [2.24, 2.45) is 0 Å². The molecule has 1 fully saturated rings. The molecule has 3 rings (SSSR count). The monoisotopic (exact) mass is 366 g/mol. The minimum Gasteiger partial charge on any atom is -0.490 e. The first-order chi connectivity index (χ1) is 12.4. The third-order valence-electron chi connectivity index (χ3n) is 4.55. The van der Waals surface area contributed by atoms with Gasteiger partial charge in [-0.2, -0.15) is 13.2 Å². The molecule has 1 aromatic heterocycles. The molecule has 1 N–H and O–H groups in total. The highest BCUT2D eigenvalue weighted by Crippen LogP contribution is 2.26. The van der Waals surface area contributed by atoms with Crippen LogP contribution in [0.1, 0.15) is 38.5 Å². The standard InChI is InChI=1S/C19H21F3N2O2/c20-19(21,22)10-9-18(25)24-14-3-5-15(6-4-14)26-16-7-8-17-13(12-16)2-1-11-23-17/h1-2,7-8,11-12,14-15H,3-6,9-10H2,(H,24,25). The first-order valence-corrected chi connectivity index (χ1v) is 8.76. The Hall–Kier alpha value is -2.31. The summed E-state index contributed by atoms with van der Waals surface area (Å²) in [7, 11) is 0. The van der Waals surface area contributed by atoms with Gasteiger partial charge in [0.15, 0.2) is 0 Å². The number of carbonyl (C=O) groups excluding carboxylic acids is 1. The molecule has 0 bridgehead atoms. The van der Waals surface area contributed by atoms with E-state index in [1.165, 1.54) is 0 Å². The number of hydrogen-bond donors (Lipinski definition) is 1. The Morgan fingerprint density at radius 1 is 1.19 bits per heavy atom. The predicted octanol–water partition coefficient (Wildman–Crippen LogP) is 4.38. The summed E-state index contributed by atoms with van der Waals surface area (Å²) in [5.74, 6) is 0.247. The van der Waals surface area contributed by atoms with Gasteiger partial charge in [-0.3, -0.25) is 9.78 Å².